The second-order valence-corrected chi connectivity index (χ2v) is 8.69. The molecule has 2 aromatic carbocycles. The van der Waals surface area contributed by atoms with Gasteiger partial charge < -0.3 is 4.74 Å². The van der Waals surface area contributed by atoms with Crippen molar-refractivity contribution >= 4 is 42.6 Å². The Hall–Kier alpha value is -2.32. The molecular weight excluding hydrogens is 509 g/mol. The van der Waals surface area contributed by atoms with Crippen molar-refractivity contribution in [2.24, 2.45) is 0 Å². The van der Waals surface area contributed by atoms with E-state index in [1.807, 2.05) is 4.72 Å². The Morgan fingerprint density at radius 2 is 1.79 bits per heavy atom. The number of hydrogen-bond donors (Lipinski definition) is 1. The maximum Gasteiger partial charge on any atom is 0.416 e. The van der Waals surface area contributed by atoms with Crippen molar-refractivity contribution in [2.75, 3.05) is 4.72 Å². The largest absolute Gasteiger partial charge is 0.454 e. The fraction of sp³-hybridized carbons (Fsp3) is 0.0667. The molecular formula is C15H7BrF5N3O3S2. The molecule has 14 heteroatoms. The standard InChI is InChI=1S/C15H7BrF5N3O3S2/c16-8-1-7(15(19,20)21)2-9(3-8)27-12-4-11(18)13(5-10(12)17)29(25,26)24-14-22-6-23-28-14/h1-6H,(H,22,23,24). The monoisotopic (exact) mass is 515 g/mol. The van der Waals surface area contributed by atoms with Crippen LogP contribution in [0.4, 0.5) is 27.1 Å². The van der Waals surface area contributed by atoms with Crippen LogP contribution in [-0.4, -0.2) is 17.8 Å². The minimum absolute atomic E-state index is 0.0105. The highest BCUT2D eigenvalue weighted by molar-refractivity contribution is 9.10. The molecule has 0 saturated heterocycles. The van der Waals surface area contributed by atoms with Crippen molar-refractivity contribution < 1.29 is 35.1 Å². The summed E-state index contributed by atoms with van der Waals surface area (Å²) in [5.74, 6) is -3.93. The summed E-state index contributed by atoms with van der Waals surface area (Å²) in [5.41, 5.74) is -1.08. The molecule has 0 fully saturated rings. The third-order valence-corrected chi connectivity index (χ3v) is 5.81. The number of nitrogens with one attached hydrogen (secondary N) is 1. The van der Waals surface area contributed by atoms with E-state index >= 15 is 0 Å². The highest BCUT2D eigenvalue weighted by atomic mass is 79.9. The molecule has 0 atom stereocenters. The van der Waals surface area contributed by atoms with Gasteiger partial charge in [-0.3, -0.25) is 4.72 Å². The Kier molecular flexibility index (Phi) is 5.78. The van der Waals surface area contributed by atoms with Crippen molar-refractivity contribution in [2.45, 2.75) is 11.1 Å². The first-order valence-corrected chi connectivity index (χ1v) is 10.3. The van der Waals surface area contributed by atoms with Gasteiger partial charge in [-0.25, -0.2) is 22.2 Å². The van der Waals surface area contributed by atoms with Gasteiger partial charge in [0.15, 0.2) is 11.6 Å². The van der Waals surface area contributed by atoms with Gasteiger partial charge in [0.1, 0.15) is 22.8 Å². The van der Waals surface area contributed by atoms with Crippen LogP contribution < -0.4 is 9.46 Å². The number of hydrogen-bond acceptors (Lipinski definition) is 6. The Bertz CT molecular complexity index is 1150. The Labute approximate surface area is 172 Å². The lowest BCUT2D eigenvalue weighted by Crippen LogP contribution is -2.15. The van der Waals surface area contributed by atoms with Gasteiger partial charge in [0.25, 0.3) is 10.0 Å². The minimum atomic E-state index is -4.69. The quantitative estimate of drug-likeness (QED) is 0.473. The summed E-state index contributed by atoms with van der Waals surface area (Å²) in [4.78, 5) is 2.53. The van der Waals surface area contributed by atoms with Gasteiger partial charge in [-0.2, -0.15) is 17.5 Å². The van der Waals surface area contributed by atoms with Crippen LogP contribution in [0.15, 0.2) is 46.0 Å². The van der Waals surface area contributed by atoms with E-state index in [2.05, 4.69) is 25.3 Å². The summed E-state index contributed by atoms with van der Waals surface area (Å²) in [6.45, 7) is 0. The first kappa shape index (κ1) is 21.4. The zero-order valence-corrected chi connectivity index (χ0v) is 16.9. The molecule has 0 aliphatic carbocycles. The van der Waals surface area contributed by atoms with E-state index in [-0.39, 0.29) is 9.60 Å². The molecule has 6 nitrogen and oxygen atoms in total. The van der Waals surface area contributed by atoms with Gasteiger partial charge in [0.2, 0.25) is 5.13 Å². The number of aromatic nitrogens is 2. The molecule has 0 amide bonds. The SMILES string of the molecule is O=S(=O)(Nc1ncns1)c1cc(F)c(Oc2cc(Br)cc(C(F)(F)F)c2)cc1F. The molecule has 0 aliphatic heterocycles. The fourth-order valence-electron chi connectivity index (χ4n) is 2.09. The predicted octanol–water partition coefficient (Wildman–Crippen LogP) is 5.19. The van der Waals surface area contributed by atoms with Crippen LogP contribution in [0.1, 0.15) is 5.56 Å². The van der Waals surface area contributed by atoms with Gasteiger partial charge in [0, 0.05) is 28.1 Å². The first-order valence-electron chi connectivity index (χ1n) is 7.30. The molecule has 3 rings (SSSR count). The van der Waals surface area contributed by atoms with E-state index < -0.39 is 49.8 Å². The van der Waals surface area contributed by atoms with E-state index in [1.54, 1.807) is 0 Å². The molecule has 0 aliphatic rings. The van der Waals surface area contributed by atoms with Gasteiger partial charge in [-0.05, 0) is 18.2 Å². The third kappa shape index (κ3) is 5.00. The van der Waals surface area contributed by atoms with Crippen LogP contribution in [0.5, 0.6) is 11.5 Å². The number of anilines is 1. The second-order valence-electron chi connectivity index (χ2n) is 5.34. The third-order valence-electron chi connectivity index (χ3n) is 3.29. The van der Waals surface area contributed by atoms with Crippen molar-refractivity contribution in [1.82, 2.24) is 9.36 Å². The van der Waals surface area contributed by atoms with Gasteiger partial charge in [-0.1, -0.05) is 15.9 Å². The van der Waals surface area contributed by atoms with Crippen molar-refractivity contribution in [3.05, 3.63) is 58.3 Å². The summed E-state index contributed by atoms with van der Waals surface area (Å²) in [5, 5.41) is -0.168. The number of benzene rings is 2. The second kappa shape index (κ2) is 7.84. The normalized spacial score (nSPS) is 12.1. The van der Waals surface area contributed by atoms with Crippen LogP contribution in [0.25, 0.3) is 0 Å². The highest BCUT2D eigenvalue weighted by Gasteiger charge is 2.31. The molecule has 1 N–H and O–H groups in total. The summed E-state index contributed by atoms with van der Waals surface area (Å²) in [7, 11) is -4.53. The number of alkyl halides is 3. The van der Waals surface area contributed by atoms with E-state index in [0.29, 0.717) is 29.7 Å². The van der Waals surface area contributed by atoms with Gasteiger partial charge in [-0.15, -0.1) is 0 Å². The van der Waals surface area contributed by atoms with Crippen LogP contribution in [0.2, 0.25) is 0 Å². The van der Waals surface area contributed by atoms with Crippen LogP contribution in [0, 0.1) is 11.6 Å². The van der Waals surface area contributed by atoms with E-state index in [1.165, 1.54) is 0 Å². The molecule has 29 heavy (non-hydrogen) atoms. The lowest BCUT2D eigenvalue weighted by atomic mass is 10.2. The van der Waals surface area contributed by atoms with Crippen molar-refractivity contribution in [3.8, 4) is 11.5 Å². The lowest BCUT2D eigenvalue weighted by Gasteiger charge is -2.13. The van der Waals surface area contributed by atoms with Crippen LogP contribution in [-0.2, 0) is 16.2 Å². The molecule has 0 bridgehead atoms. The molecule has 1 aromatic heterocycles. The van der Waals surface area contributed by atoms with E-state index in [9.17, 15) is 30.4 Å². The molecule has 0 spiro atoms. The van der Waals surface area contributed by atoms with E-state index in [0.717, 1.165) is 18.5 Å². The van der Waals surface area contributed by atoms with Crippen molar-refractivity contribution in [3.63, 3.8) is 0 Å². The number of sulfonamides is 1. The Balaban J connectivity index is 1.94. The number of rotatable bonds is 5. The van der Waals surface area contributed by atoms with E-state index in [4.69, 9.17) is 4.74 Å². The van der Waals surface area contributed by atoms with Gasteiger partial charge >= 0.3 is 6.18 Å². The summed E-state index contributed by atoms with van der Waals surface area (Å²) >= 11 is 3.55. The molecule has 154 valence electrons. The fourth-order valence-corrected chi connectivity index (χ4v) is 4.30. The number of halogens is 6. The minimum Gasteiger partial charge on any atom is -0.454 e. The molecule has 1 heterocycles. The van der Waals surface area contributed by atoms with Crippen LogP contribution in [0.3, 0.4) is 0 Å². The highest BCUT2D eigenvalue weighted by Crippen LogP contribution is 2.36. The Morgan fingerprint density at radius 3 is 2.41 bits per heavy atom. The smallest absolute Gasteiger partial charge is 0.416 e. The molecule has 0 saturated carbocycles. The Morgan fingerprint density at radius 1 is 1.07 bits per heavy atom. The molecule has 3 aromatic rings. The maximum absolute atomic E-state index is 14.3. The summed E-state index contributed by atoms with van der Waals surface area (Å²) < 4.78 is 102. The maximum atomic E-state index is 14.3. The zero-order valence-electron chi connectivity index (χ0n) is 13.7. The predicted molar refractivity (Wildman–Crippen MR) is 96.3 cm³/mol. The summed E-state index contributed by atoms with van der Waals surface area (Å²) in [6, 6.07) is 3.23. The zero-order chi connectivity index (χ0) is 21.4. The molecule has 0 unspecified atom stereocenters. The molecule has 0 radical (unpaired) electrons. The topological polar surface area (TPSA) is 81.2 Å². The summed E-state index contributed by atoms with van der Waals surface area (Å²) in [6.07, 6.45) is -3.64. The average Bonchev–Trinajstić information content (AvgIpc) is 3.08. The number of ether oxygens (including phenoxy) is 1. The average molecular weight is 516 g/mol. The van der Waals surface area contributed by atoms with Crippen molar-refractivity contribution in [1.29, 1.82) is 0 Å². The van der Waals surface area contributed by atoms with Crippen LogP contribution >= 0.6 is 27.5 Å². The first-order chi connectivity index (χ1) is 13.5. The van der Waals surface area contributed by atoms with Gasteiger partial charge in [0.05, 0.1) is 5.56 Å². The number of nitrogens with zero attached hydrogens (tertiary/aromatic N) is 2. The lowest BCUT2D eigenvalue weighted by molar-refractivity contribution is -0.137.